The molecule has 0 unspecified atom stereocenters. The second kappa shape index (κ2) is 9.89. The van der Waals surface area contributed by atoms with Crippen LogP contribution in [0.15, 0.2) is 83.7 Å². The predicted molar refractivity (Wildman–Crippen MR) is 143 cm³/mol. The van der Waals surface area contributed by atoms with E-state index in [-0.39, 0.29) is 5.56 Å². The molecule has 6 rings (SSSR count). The molecule has 0 saturated heterocycles. The number of fused-ring (bicyclic) bond motifs is 2. The fourth-order valence-electron chi connectivity index (χ4n) is 5.21. The summed E-state index contributed by atoms with van der Waals surface area (Å²) >= 11 is 0. The Morgan fingerprint density at radius 3 is 2.73 bits per heavy atom. The van der Waals surface area contributed by atoms with E-state index in [1.165, 1.54) is 5.56 Å². The monoisotopic (exact) mass is 492 g/mol. The molecule has 2 aromatic heterocycles. The molecule has 3 aromatic carbocycles. The lowest BCUT2D eigenvalue weighted by molar-refractivity contribution is 0.340. The highest BCUT2D eigenvalue weighted by Gasteiger charge is 2.33. The van der Waals surface area contributed by atoms with E-state index in [0.29, 0.717) is 24.5 Å². The fraction of sp³-hybridized carbons (Fsp3) is 0.241. The number of aromatic amines is 1. The first-order valence-electron chi connectivity index (χ1n) is 12.7. The van der Waals surface area contributed by atoms with Crippen LogP contribution in [0.1, 0.15) is 41.9 Å². The summed E-state index contributed by atoms with van der Waals surface area (Å²) in [5, 5.41) is 13.8. The van der Waals surface area contributed by atoms with E-state index in [9.17, 15) is 4.79 Å². The predicted octanol–water partition coefficient (Wildman–Crippen LogP) is 4.50. The number of aryl methyl sites for hydroxylation is 1. The van der Waals surface area contributed by atoms with Crippen molar-refractivity contribution in [1.82, 2.24) is 25.2 Å². The van der Waals surface area contributed by atoms with Crippen LogP contribution in [0.5, 0.6) is 5.75 Å². The fourth-order valence-corrected chi connectivity index (χ4v) is 5.21. The third-order valence-corrected chi connectivity index (χ3v) is 6.89. The van der Waals surface area contributed by atoms with Crippen molar-refractivity contribution in [3.8, 4) is 5.75 Å². The molecule has 0 spiro atoms. The van der Waals surface area contributed by atoms with Gasteiger partial charge in [-0.15, -0.1) is 5.10 Å². The van der Waals surface area contributed by atoms with Crippen LogP contribution in [0, 0.1) is 0 Å². The van der Waals surface area contributed by atoms with Crippen LogP contribution in [0.4, 0.5) is 5.69 Å². The number of anilines is 1. The summed E-state index contributed by atoms with van der Waals surface area (Å²) in [6, 6.07) is 25.7. The van der Waals surface area contributed by atoms with E-state index in [1.54, 1.807) is 4.68 Å². The minimum absolute atomic E-state index is 0.154. The summed E-state index contributed by atoms with van der Waals surface area (Å²) in [6.07, 6.45) is 1.98. The highest BCUT2D eigenvalue weighted by atomic mass is 16.5. The van der Waals surface area contributed by atoms with Gasteiger partial charge in [-0.05, 0) is 71.7 Å². The Morgan fingerprint density at radius 2 is 1.86 bits per heavy atom. The number of aromatic nitrogens is 5. The number of rotatable bonds is 7. The second-order valence-corrected chi connectivity index (χ2v) is 9.24. The summed E-state index contributed by atoms with van der Waals surface area (Å²) in [5.41, 5.74) is 4.66. The Balaban J connectivity index is 1.53. The second-order valence-electron chi connectivity index (χ2n) is 9.24. The molecule has 0 bridgehead atoms. The van der Waals surface area contributed by atoms with Crippen LogP contribution >= 0.6 is 0 Å². The van der Waals surface area contributed by atoms with Crippen molar-refractivity contribution in [2.24, 2.45) is 0 Å². The molecule has 1 aliphatic rings. The number of hydrogen-bond acceptors (Lipinski definition) is 6. The molecule has 0 saturated carbocycles. The summed E-state index contributed by atoms with van der Waals surface area (Å²) in [6.45, 7) is 3.83. The van der Waals surface area contributed by atoms with Crippen LogP contribution in [0.2, 0.25) is 0 Å². The molecule has 1 aliphatic heterocycles. The summed E-state index contributed by atoms with van der Waals surface area (Å²) in [4.78, 5) is 19.0. The third kappa shape index (κ3) is 4.46. The Hall–Kier alpha value is -4.46. The topological polar surface area (TPSA) is 88.9 Å². The Labute approximate surface area is 214 Å². The van der Waals surface area contributed by atoms with Gasteiger partial charge in [0.2, 0.25) is 0 Å². The number of tetrazole rings is 1. The summed E-state index contributed by atoms with van der Waals surface area (Å²) in [7, 11) is 0. The molecule has 1 atom stereocenters. The Morgan fingerprint density at radius 1 is 1.03 bits per heavy atom. The van der Waals surface area contributed by atoms with Crippen LogP contribution in [-0.2, 0) is 13.0 Å². The molecule has 1 N–H and O–H groups in total. The maximum atomic E-state index is 13.6. The normalized spacial score (nSPS) is 13.9. The number of ether oxygens (including phenoxy) is 1. The molecule has 8 nitrogen and oxygen atoms in total. The number of para-hydroxylation sites is 1. The zero-order valence-corrected chi connectivity index (χ0v) is 20.7. The van der Waals surface area contributed by atoms with Gasteiger partial charge in [0.25, 0.3) is 5.56 Å². The first-order valence-corrected chi connectivity index (χ1v) is 12.7. The maximum absolute atomic E-state index is 13.6. The average Bonchev–Trinajstić information content (AvgIpc) is 3.37. The molecule has 37 heavy (non-hydrogen) atoms. The third-order valence-electron chi connectivity index (χ3n) is 6.89. The maximum Gasteiger partial charge on any atom is 0.254 e. The number of nitrogens with zero attached hydrogens (tertiary/aromatic N) is 5. The van der Waals surface area contributed by atoms with Crippen molar-refractivity contribution in [3.05, 3.63) is 112 Å². The van der Waals surface area contributed by atoms with Crippen molar-refractivity contribution < 1.29 is 4.74 Å². The van der Waals surface area contributed by atoms with Crippen molar-refractivity contribution in [2.45, 2.75) is 32.4 Å². The van der Waals surface area contributed by atoms with Gasteiger partial charge < -0.3 is 14.6 Å². The molecular weight excluding hydrogens is 464 g/mol. The van der Waals surface area contributed by atoms with Gasteiger partial charge in [0, 0.05) is 28.7 Å². The number of benzene rings is 3. The van der Waals surface area contributed by atoms with Gasteiger partial charge in [0.05, 0.1) is 13.2 Å². The lowest BCUT2D eigenvalue weighted by Crippen LogP contribution is -2.38. The molecule has 0 aliphatic carbocycles. The van der Waals surface area contributed by atoms with Crippen LogP contribution < -0.4 is 15.2 Å². The van der Waals surface area contributed by atoms with E-state index in [0.717, 1.165) is 47.3 Å². The highest BCUT2D eigenvalue weighted by molar-refractivity contribution is 5.81. The zero-order chi connectivity index (χ0) is 25.2. The molecular formula is C29H28N6O2. The van der Waals surface area contributed by atoms with Crippen molar-refractivity contribution >= 4 is 16.6 Å². The summed E-state index contributed by atoms with van der Waals surface area (Å²) < 4.78 is 7.53. The number of nitrogens with one attached hydrogen (secondary N) is 1. The number of H-pyrrole nitrogens is 1. The molecule has 5 aromatic rings. The molecule has 0 amide bonds. The summed E-state index contributed by atoms with van der Waals surface area (Å²) in [5.74, 6) is 1.40. The highest BCUT2D eigenvalue weighted by Crippen LogP contribution is 2.37. The van der Waals surface area contributed by atoms with Crippen LogP contribution in [0.3, 0.4) is 0 Å². The zero-order valence-electron chi connectivity index (χ0n) is 20.7. The Kier molecular flexibility index (Phi) is 6.14. The van der Waals surface area contributed by atoms with Crippen LogP contribution in [-0.4, -0.2) is 38.3 Å². The SMILES string of the molecule is CCOc1ccc2[nH]c(=O)c([C@H](c3nnnn3Cc3ccccc3)N3CCCc4ccccc43)cc2c1. The quantitative estimate of drug-likeness (QED) is 0.360. The standard InChI is InChI=1S/C29H28N6O2/c1-2-37-23-14-15-25-22(17-23)18-24(29(36)30-25)27(34-16-8-12-21-11-6-7-13-26(21)34)28-31-32-33-35(28)19-20-9-4-3-5-10-20/h3-7,9-11,13-15,17-18,27H,2,8,12,16,19H2,1H3,(H,30,36)/t27-/m1/s1. The smallest absolute Gasteiger partial charge is 0.254 e. The van der Waals surface area contributed by atoms with Gasteiger partial charge in [0.15, 0.2) is 5.82 Å². The lowest BCUT2D eigenvalue weighted by atomic mass is 9.96. The van der Waals surface area contributed by atoms with Gasteiger partial charge in [-0.2, -0.15) is 0 Å². The van der Waals surface area contributed by atoms with Gasteiger partial charge in [-0.3, -0.25) is 4.79 Å². The van der Waals surface area contributed by atoms with E-state index in [1.807, 2.05) is 55.5 Å². The number of hydrogen-bond donors (Lipinski definition) is 1. The van der Waals surface area contributed by atoms with E-state index in [4.69, 9.17) is 4.74 Å². The molecule has 186 valence electrons. The van der Waals surface area contributed by atoms with Gasteiger partial charge in [-0.1, -0.05) is 48.5 Å². The van der Waals surface area contributed by atoms with Gasteiger partial charge in [0.1, 0.15) is 11.8 Å². The lowest BCUT2D eigenvalue weighted by Gasteiger charge is -2.37. The first-order chi connectivity index (χ1) is 18.2. The largest absolute Gasteiger partial charge is 0.494 e. The van der Waals surface area contributed by atoms with Crippen LogP contribution in [0.25, 0.3) is 10.9 Å². The van der Waals surface area contributed by atoms with Crippen molar-refractivity contribution in [1.29, 1.82) is 0 Å². The van der Waals surface area contributed by atoms with E-state index >= 15 is 0 Å². The minimum Gasteiger partial charge on any atom is -0.494 e. The molecule has 8 heteroatoms. The van der Waals surface area contributed by atoms with Gasteiger partial charge in [-0.25, -0.2) is 4.68 Å². The minimum atomic E-state index is -0.468. The average molecular weight is 493 g/mol. The van der Waals surface area contributed by atoms with E-state index < -0.39 is 6.04 Å². The first kappa shape index (κ1) is 23.0. The molecule has 3 heterocycles. The van der Waals surface area contributed by atoms with Crippen molar-refractivity contribution in [2.75, 3.05) is 18.1 Å². The van der Waals surface area contributed by atoms with Gasteiger partial charge >= 0.3 is 0 Å². The number of pyridine rings is 1. The molecule has 0 fully saturated rings. The van der Waals surface area contributed by atoms with E-state index in [2.05, 4.69) is 55.7 Å². The molecule has 0 radical (unpaired) electrons. The Bertz CT molecular complexity index is 1590. The van der Waals surface area contributed by atoms with Crippen molar-refractivity contribution in [3.63, 3.8) is 0 Å².